The summed E-state index contributed by atoms with van der Waals surface area (Å²) >= 11 is 0.590. The lowest BCUT2D eigenvalue weighted by atomic mass is 10.8. The van der Waals surface area contributed by atoms with Crippen molar-refractivity contribution in [3.63, 3.8) is 0 Å². The topological polar surface area (TPSA) is 17.1 Å². The molecule has 0 atom stereocenters. The Balaban J connectivity index is -0.0000000298. The van der Waals surface area contributed by atoms with Gasteiger partial charge in [-0.3, -0.25) is 0 Å². The first-order valence-corrected chi connectivity index (χ1v) is 21.1. The average molecular weight is 521 g/mol. The second-order valence-corrected chi connectivity index (χ2v) is 23.6. The molecule has 24 heavy (non-hydrogen) atoms. The molecule has 0 aromatic heterocycles. The van der Waals surface area contributed by atoms with Gasteiger partial charge in [-0.1, -0.05) is 41.0 Å². The second-order valence-electron chi connectivity index (χ2n) is 9.18. The van der Waals surface area contributed by atoms with Gasteiger partial charge in [0.2, 0.25) is 0 Å². The summed E-state index contributed by atoms with van der Waals surface area (Å²) in [5.41, 5.74) is 0. The molecule has 0 rings (SSSR count). The molecule has 6 heteroatoms. The lowest BCUT2D eigenvalue weighted by molar-refractivity contribution is -0.849. The second kappa shape index (κ2) is 24.5. The van der Waals surface area contributed by atoms with Gasteiger partial charge in [-0.2, -0.15) is 0 Å². The summed E-state index contributed by atoms with van der Waals surface area (Å²) in [5.74, 6) is 0. The maximum absolute atomic E-state index is 10.2. The molecule has 0 unspecified atom stereocenters. The number of nitrogens with zero attached hydrogens (tertiary/aromatic N) is 1. The summed E-state index contributed by atoms with van der Waals surface area (Å²) in [5, 5.41) is 0. The summed E-state index contributed by atoms with van der Waals surface area (Å²) in [7, 11) is 6.89. The van der Waals surface area contributed by atoms with Crippen LogP contribution in [0.3, 0.4) is 0 Å². The maximum atomic E-state index is 10.2. The molecule has 0 saturated carbocycles. The Bertz CT molecular complexity index is 211. The van der Waals surface area contributed by atoms with Crippen molar-refractivity contribution in [2.24, 2.45) is 0 Å². The first kappa shape index (κ1) is 44.7. The van der Waals surface area contributed by atoms with Crippen molar-refractivity contribution in [2.75, 3.05) is 76.8 Å². The first-order chi connectivity index (χ1) is 9.15. The molecule has 0 amide bonds. The van der Waals surface area contributed by atoms with Crippen molar-refractivity contribution in [3.05, 3.63) is 0 Å². The molecule has 0 aliphatic carbocycles. The average Bonchev–Trinajstić information content (AvgIpc) is 1.89. The molecule has 0 spiro atoms. The van der Waals surface area contributed by atoms with Gasteiger partial charge < -0.3 is 9.05 Å². The van der Waals surface area contributed by atoms with Crippen LogP contribution in [0.25, 0.3) is 0 Å². The number of rotatable bonds is 0. The molecule has 0 saturated heterocycles. The Morgan fingerprint density at radius 3 is 0.792 bits per heavy atom. The van der Waals surface area contributed by atoms with Gasteiger partial charge >= 0.3 is 0 Å². The van der Waals surface area contributed by atoms with E-state index in [2.05, 4.69) is 83.0 Å². The van der Waals surface area contributed by atoms with Crippen LogP contribution in [0.1, 0.15) is 14.9 Å². The minimum atomic E-state index is -1.64. The van der Waals surface area contributed by atoms with E-state index in [1.165, 1.54) is 0 Å². The Kier molecular flexibility index (Phi) is 45.6. The standard InChI is InChI=1S/C4H12N.C4H12Si.C3H9OP.C3H9S.C2H6I.2CH4/c3*1-5(2,3)4;1-4(2)3;1-3-2;;/h2*1-4H3;1-3H3;1-3H3;1-2H3;2*1H4/q+1;;;2*+1;;. The fourth-order valence-corrected chi connectivity index (χ4v) is 0. The summed E-state index contributed by atoms with van der Waals surface area (Å²) < 4.78 is 11.2. The molecular formula is C18H56INOPSSi+3. The van der Waals surface area contributed by atoms with Crippen LogP contribution in [0.5, 0.6) is 0 Å². The maximum Gasteiger partial charge on any atom is 0.261 e. The number of hydrogen-bond acceptors (Lipinski definition) is 1. The minimum Gasteiger partial charge on any atom is -0.333 e. The third-order valence-electron chi connectivity index (χ3n) is 0. The molecule has 0 radical (unpaired) electrons. The zero-order valence-electron chi connectivity index (χ0n) is 18.6. The van der Waals surface area contributed by atoms with Crippen molar-refractivity contribution >= 4 is 26.1 Å². The lowest BCUT2D eigenvalue weighted by Crippen LogP contribution is -3.59. The largest absolute Gasteiger partial charge is 0.333 e. The van der Waals surface area contributed by atoms with E-state index in [9.17, 15) is 4.57 Å². The first-order valence-electron chi connectivity index (χ1n) is 7.29. The van der Waals surface area contributed by atoms with Crippen molar-refractivity contribution < 1.29 is 30.3 Å². The molecule has 0 bridgehead atoms. The zero-order chi connectivity index (χ0) is 19.8. The Morgan fingerprint density at radius 2 is 0.792 bits per heavy atom. The van der Waals surface area contributed by atoms with Gasteiger partial charge in [0.1, 0.15) is 9.86 Å². The highest BCUT2D eigenvalue weighted by Crippen LogP contribution is 2.28. The van der Waals surface area contributed by atoms with Gasteiger partial charge in [-0.25, -0.2) is 0 Å². The van der Waals surface area contributed by atoms with E-state index in [-0.39, 0.29) is 14.9 Å². The number of quaternary nitrogens is 1. The van der Waals surface area contributed by atoms with E-state index in [1.807, 2.05) is 0 Å². The molecule has 0 aliphatic rings. The smallest absolute Gasteiger partial charge is 0.261 e. The molecule has 2 nitrogen and oxygen atoms in total. The van der Waals surface area contributed by atoms with Crippen LogP contribution in [0.15, 0.2) is 0 Å². The highest BCUT2D eigenvalue weighted by molar-refractivity contribution is 7.94. The molecular weight excluding hydrogens is 464 g/mol. The van der Waals surface area contributed by atoms with Gasteiger partial charge in [-0.15, -0.1) is 0 Å². The van der Waals surface area contributed by atoms with Crippen molar-refractivity contribution in [3.8, 4) is 0 Å². The highest BCUT2D eigenvalue weighted by atomic mass is 127. The summed E-state index contributed by atoms with van der Waals surface area (Å²) in [6.45, 7) is 14.5. The number of alkyl halides is 2. The Morgan fingerprint density at radius 1 is 0.792 bits per heavy atom. The molecule has 158 valence electrons. The summed E-state index contributed by atoms with van der Waals surface area (Å²) in [6, 6.07) is 0. The van der Waals surface area contributed by atoms with Crippen LogP contribution in [0.2, 0.25) is 26.2 Å². The fourth-order valence-electron chi connectivity index (χ4n) is 0. The quantitative estimate of drug-likeness (QED) is 0.120. The predicted molar refractivity (Wildman–Crippen MR) is 129 cm³/mol. The fraction of sp³-hybridized carbons (Fsp3) is 1.00. The summed E-state index contributed by atoms with van der Waals surface area (Å²) in [4.78, 5) is 4.47. The Hall–Kier alpha value is 1.49. The van der Waals surface area contributed by atoms with E-state index < -0.39 is 15.2 Å². The van der Waals surface area contributed by atoms with Crippen molar-refractivity contribution in [1.29, 1.82) is 0 Å². The van der Waals surface area contributed by atoms with Crippen molar-refractivity contribution in [1.82, 2.24) is 0 Å². The summed E-state index contributed by atoms with van der Waals surface area (Å²) in [6.07, 6.45) is 6.58. The molecule has 0 fully saturated rings. The van der Waals surface area contributed by atoms with Gasteiger partial charge in [0.15, 0.2) is 0 Å². The van der Waals surface area contributed by atoms with Crippen molar-refractivity contribution in [2.45, 2.75) is 41.0 Å². The highest BCUT2D eigenvalue weighted by Gasteiger charge is 1.99. The third kappa shape index (κ3) is 5370. The van der Waals surface area contributed by atoms with Gasteiger partial charge in [0.25, 0.3) is 21.2 Å². The monoisotopic (exact) mass is 520 g/mol. The Labute approximate surface area is 173 Å². The molecule has 0 aromatic rings. The van der Waals surface area contributed by atoms with E-state index in [1.54, 1.807) is 20.0 Å². The van der Waals surface area contributed by atoms with Gasteiger partial charge in [-0.05, 0) is 30.9 Å². The SMILES string of the molecule is C.C.CP(C)(C)=O.C[I+]C.C[N+](C)(C)C.C[S+](C)C.C[Si](C)(C)C. The van der Waals surface area contributed by atoms with Crippen LogP contribution in [-0.2, 0) is 15.5 Å². The number of hydrogen-bond donors (Lipinski definition) is 0. The lowest BCUT2D eigenvalue weighted by Gasteiger charge is -2.14. The van der Waals surface area contributed by atoms with E-state index >= 15 is 0 Å². The van der Waals surface area contributed by atoms with Crippen LogP contribution < -0.4 is 21.2 Å². The van der Waals surface area contributed by atoms with Crippen LogP contribution >= 0.6 is 7.14 Å². The zero-order valence-corrected chi connectivity index (χ0v) is 23.5. The van der Waals surface area contributed by atoms with Gasteiger partial charge in [0, 0.05) is 8.07 Å². The third-order valence-corrected chi connectivity index (χ3v) is 0. The van der Waals surface area contributed by atoms with Crippen LogP contribution in [0, 0.1) is 0 Å². The number of halogens is 1. The van der Waals surface area contributed by atoms with E-state index in [0.717, 1.165) is 4.48 Å². The van der Waals surface area contributed by atoms with E-state index in [0.29, 0.717) is 32.1 Å². The molecule has 0 N–H and O–H groups in total. The normalized spacial score (nSPS) is 9.71. The van der Waals surface area contributed by atoms with Crippen LogP contribution in [-0.4, -0.2) is 89.4 Å². The minimum absolute atomic E-state index is 0. The van der Waals surface area contributed by atoms with Gasteiger partial charge in [0.05, 0.1) is 54.1 Å². The molecule has 0 aromatic carbocycles. The molecule has 0 aliphatic heterocycles. The predicted octanol–water partition coefficient (Wildman–Crippen LogP) is 2.62. The molecule has 0 heterocycles. The van der Waals surface area contributed by atoms with E-state index in [4.69, 9.17) is 0 Å². The van der Waals surface area contributed by atoms with Crippen LogP contribution in [0.4, 0.5) is 0 Å².